The molecule has 0 saturated carbocycles. The summed E-state index contributed by atoms with van der Waals surface area (Å²) < 4.78 is 18.1. The van der Waals surface area contributed by atoms with Gasteiger partial charge in [0.2, 0.25) is 11.7 Å². The van der Waals surface area contributed by atoms with E-state index in [4.69, 9.17) is 14.0 Å². The first kappa shape index (κ1) is 21.7. The predicted molar refractivity (Wildman–Crippen MR) is 129 cm³/mol. The Hall–Kier alpha value is -4.11. The summed E-state index contributed by atoms with van der Waals surface area (Å²) in [5.74, 6) is 3.80. The van der Waals surface area contributed by atoms with Crippen molar-refractivity contribution in [1.82, 2.24) is 24.9 Å². The van der Waals surface area contributed by atoms with E-state index < -0.39 is 0 Å². The largest absolute Gasteiger partial charge is 0.497 e. The third-order valence-corrected chi connectivity index (χ3v) is 6.05. The quantitative estimate of drug-likeness (QED) is 0.282. The molecule has 0 aliphatic carbocycles. The fourth-order valence-electron chi connectivity index (χ4n) is 3.40. The lowest BCUT2D eigenvalue weighted by molar-refractivity contribution is 0.391. The van der Waals surface area contributed by atoms with E-state index in [1.165, 1.54) is 11.8 Å². The monoisotopic (exact) mass is 471 g/mol. The lowest BCUT2D eigenvalue weighted by Crippen LogP contribution is -2.00. The maximum atomic E-state index is 5.46. The van der Waals surface area contributed by atoms with Gasteiger partial charge < -0.3 is 14.0 Å². The Morgan fingerprint density at radius 3 is 2.15 bits per heavy atom. The summed E-state index contributed by atoms with van der Waals surface area (Å²) in [6.45, 7) is 0. The van der Waals surface area contributed by atoms with Gasteiger partial charge in [0.15, 0.2) is 11.0 Å². The van der Waals surface area contributed by atoms with Crippen LogP contribution in [0, 0.1) is 0 Å². The number of aromatic nitrogens is 5. The van der Waals surface area contributed by atoms with E-state index in [0.717, 1.165) is 28.3 Å². The van der Waals surface area contributed by atoms with Gasteiger partial charge in [0.1, 0.15) is 11.5 Å². The molecule has 0 radical (unpaired) electrons. The molecule has 2 heterocycles. The maximum absolute atomic E-state index is 5.46. The molecule has 2 aromatic heterocycles. The van der Waals surface area contributed by atoms with Crippen molar-refractivity contribution in [2.75, 3.05) is 14.2 Å². The number of thioether (sulfide) groups is 1. The van der Waals surface area contributed by atoms with Crippen LogP contribution < -0.4 is 9.47 Å². The molecule has 34 heavy (non-hydrogen) atoms. The van der Waals surface area contributed by atoms with Crippen LogP contribution in [0.2, 0.25) is 0 Å². The second kappa shape index (κ2) is 9.80. The normalized spacial score (nSPS) is 10.9. The minimum Gasteiger partial charge on any atom is -0.497 e. The van der Waals surface area contributed by atoms with Crippen LogP contribution in [0.3, 0.4) is 0 Å². The summed E-state index contributed by atoms with van der Waals surface area (Å²) in [5, 5.41) is 13.7. The Bertz CT molecular complexity index is 1370. The molecule has 5 aromatic rings. The van der Waals surface area contributed by atoms with E-state index in [-0.39, 0.29) is 0 Å². The average Bonchev–Trinajstić information content (AvgIpc) is 3.55. The molecule has 0 unspecified atom stereocenters. The Balaban J connectivity index is 1.45. The molecule has 0 aliphatic heterocycles. The van der Waals surface area contributed by atoms with Crippen molar-refractivity contribution in [2.45, 2.75) is 10.9 Å². The Kier molecular flexibility index (Phi) is 6.26. The smallest absolute Gasteiger partial charge is 0.237 e. The summed E-state index contributed by atoms with van der Waals surface area (Å²) in [5.41, 5.74) is 2.74. The highest BCUT2D eigenvalue weighted by molar-refractivity contribution is 7.98. The predicted octanol–water partition coefficient (Wildman–Crippen LogP) is 5.29. The number of nitrogens with zero attached hydrogens (tertiary/aromatic N) is 5. The van der Waals surface area contributed by atoms with Crippen LogP contribution in [0.25, 0.3) is 28.5 Å². The summed E-state index contributed by atoms with van der Waals surface area (Å²) in [6, 6.07) is 25.2. The van der Waals surface area contributed by atoms with Gasteiger partial charge in [-0.05, 0) is 48.5 Å². The fraction of sp³-hybridized carbons (Fsp3) is 0.120. The van der Waals surface area contributed by atoms with Gasteiger partial charge in [0, 0.05) is 16.8 Å². The van der Waals surface area contributed by atoms with Crippen LogP contribution in [0.15, 0.2) is 88.5 Å². The third kappa shape index (κ3) is 4.51. The summed E-state index contributed by atoms with van der Waals surface area (Å²) >= 11 is 1.47. The van der Waals surface area contributed by atoms with Crippen LogP contribution >= 0.6 is 11.8 Å². The fourth-order valence-corrected chi connectivity index (χ4v) is 4.19. The third-order valence-electron chi connectivity index (χ3n) is 5.14. The Morgan fingerprint density at radius 1 is 0.794 bits per heavy atom. The van der Waals surface area contributed by atoms with E-state index >= 15 is 0 Å². The molecule has 8 nitrogen and oxygen atoms in total. The minimum absolute atomic E-state index is 0.455. The van der Waals surface area contributed by atoms with E-state index in [0.29, 0.717) is 28.4 Å². The topological polar surface area (TPSA) is 88.1 Å². The van der Waals surface area contributed by atoms with Crippen LogP contribution in [-0.2, 0) is 5.75 Å². The number of hydrogen-bond acceptors (Lipinski definition) is 8. The molecule has 0 N–H and O–H groups in total. The SMILES string of the molecule is COc1ccc(-c2nnc(SCc3nc(-c4ccccc4)no3)n2-c2ccc(OC)cc2)cc1. The van der Waals surface area contributed by atoms with Crippen molar-refractivity contribution in [3.05, 3.63) is 84.8 Å². The first-order valence-corrected chi connectivity index (χ1v) is 11.5. The van der Waals surface area contributed by atoms with Crippen molar-refractivity contribution < 1.29 is 14.0 Å². The van der Waals surface area contributed by atoms with E-state index in [1.807, 2.05) is 83.4 Å². The number of hydrogen-bond donors (Lipinski definition) is 0. The van der Waals surface area contributed by atoms with E-state index in [1.54, 1.807) is 14.2 Å². The standard InChI is InChI=1S/C25H21N5O3S/c1-31-20-12-8-18(9-13-20)24-27-28-25(30(24)19-10-14-21(32-2)15-11-19)34-16-22-26-23(29-33-22)17-6-4-3-5-7-17/h3-15H,16H2,1-2H3. The van der Waals surface area contributed by atoms with Crippen molar-refractivity contribution in [3.63, 3.8) is 0 Å². The summed E-state index contributed by atoms with van der Waals surface area (Å²) in [7, 11) is 3.29. The molecule has 0 bridgehead atoms. The zero-order valence-corrected chi connectivity index (χ0v) is 19.4. The number of methoxy groups -OCH3 is 2. The van der Waals surface area contributed by atoms with Crippen molar-refractivity contribution in [2.24, 2.45) is 0 Å². The Labute approximate surface area is 200 Å². The van der Waals surface area contributed by atoms with Crippen LogP contribution in [0.4, 0.5) is 0 Å². The molecule has 170 valence electrons. The minimum atomic E-state index is 0.455. The molecule has 0 spiro atoms. The van der Waals surface area contributed by atoms with E-state index in [9.17, 15) is 0 Å². The van der Waals surface area contributed by atoms with Gasteiger partial charge in [0.05, 0.1) is 20.0 Å². The van der Waals surface area contributed by atoms with Gasteiger partial charge in [0.25, 0.3) is 0 Å². The second-order valence-electron chi connectivity index (χ2n) is 7.23. The van der Waals surface area contributed by atoms with Crippen molar-refractivity contribution >= 4 is 11.8 Å². The van der Waals surface area contributed by atoms with Crippen LogP contribution in [0.5, 0.6) is 11.5 Å². The molecule has 0 atom stereocenters. The summed E-state index contributed by atoms with van der Waals surface area (Å²) in [6.07, 6.45) is 0. The molecule has 5 rings (SSSR count). The molecule has 0 aliphatic rings. The lowest BCUT2D eigenvalue weighted by atomic mass is 10.2. The van der Waals surface area contributed by atoms with Gasteiger partial charge in [-0.3, -0.25) is 4.57 Å². The van der Waals surface area contributed by atoms with Gasteiger partial charge in [-0.2, -0.15) is 4.98 Å². The highest BCUT2D eigenvalue weighted by Gasteiger charge is 2.18. The van der Waals surface area contributed by atoms with E-state index in [2.05, 4.69) is 20.3 Å². The second-order valence-corrected chi connectivity index (χ2v) is 8.18. The molecular weight excluding hydrogens is 450 g/mol. The molecular formula is C25H21N5O3S. The van der Waals surface area contributed by atoms with Gasteiger partial charge in [-0.1, -0.05) is 47.3 Å². The zero-order valence-electron chi connectivity index (χ0n) is 18.6. The highest BCUT2D eigenvalue weighted by Crippen LogP contribution is 2.31. The van der Waals surface area contributed by atoms with Gasteiger partial charge >= 0.3 is 0 Å². The maximum Gasteiger partial charge on any atom is 0.237 e. The van der Waals surface area contributed by atoms with Gasteiger partial charge in [-0.25, -0.2) is 0 Å². The summed E-state index contributed by atoms with van der Waals surface area (Å²) in [4.78, 5) is 4.52. The molecule has 0 amide bonds. The first-order valence-electron chi connectivity index (χ1n) is 10.5. The zero-order chi connectivity index (χ0) is 23.3. The van der Waals surface area contributed by atoms with Crippen LogP contribution in [-0.4, -0.2) is 39.1 Å². The lowest BCUT2D eigenvalue weighted by Gasteiger charge is -2.11. The molecule has 0 saturated heterocycles. The average molecular weight is 472 g/mol. The molecule has 9 heteroatoms. The van der Waals surface area contributed by atoms with Crippen molar-refractivity contribution in [1.29, 1.82) is 0 Å². The number of rotatable bonds is 8. The molecule has 3 aromatic carbocycles. The van der Waals surface area contributed by atoms with Gasteiger partial charge in [-0.15, -0.1) is 10.2 Å². The molecule has 0 fully saturated rings. The Morgan fingerprint density at radius 2 is 1.47 bits per heavy atom. The first-order chi connectivity index (χ1) is 16.7. The highest BCUT2D eigenvalue weighted by atomic mass is 32.2. The number of benzene rings is 3. The van der Waals surface area contributed by atoms with Crippen molar-refractivity contribution in [3.8, 4) is 40.0 Å². The number of ether oxygens (including phenoxy) is 2. The van der Waals surface area contributed by atoms with Crippen LogP contribution in [0.1, 0.15) is 5.89 Å².